The molecular formula is C18H24N4O5S. The van der Waals surface area contributed by atoms with Crippen molar-refractivity contribution in [2.75, 3.05) is 26.2 Å². The third-order valence-corrected chi connectivity index (χ3v) is 6.05. The molecule has 0 aliphatic carbocycles. The summed E-state index contributed by atoms with van der Waals surface area (Å²) in [5, 5.41) is 2.95. The van der Waals surface area contributed by atoms with Crippen molar-refractivity contribution in [3.8, 4) is 0 Å². The van der Waals surface area contributed by atoms with Gasteiger partial charge in [-0.1, -0.05) is 12.1 Å². The first-order chi connectivity index (χ1) is 13.4. The lowest BCUT2D eigenvalue weighted by Crippen LogP contribution is -2.46. The summed E-state index contributed by atoms with van der Waals surface area (Å²) in [6.07, 6.45) is 1.19. The summed E-state index contributed by atoms with van der Waals surface area (Å²) in [4.78, 5) is 29.9. The fourth-order valence-electron chi connectivity index (χ4n) is 3.24. The number of carbonyl (C=O) groups excluding carboxylic acids is 2. The second-order valence-corrected chi connectivity index (χ2v) is 8.26. The molecule has 0 saturated carbocycles. The van der Waals surface area contributed by atoms with E-state index in [-0.39, 0.29) is 41.7 Å². The molecule has 1 fully saturated rings. The van der Waals surface area contributed by atoms with Gasteiger partial charge in [-0.15, -0.1) is 0 Å². The third-order valence-electron chi connectivity index (χ3n) is 4.66. The lowest BCUT2D eigenvalue weighted by Gasteiger charge is -2.31. The zero-order valence-corrected chi connectivity index (χ0v) is 16.5. The van der Waals surface area contributed by atoms with Crippen LogP contribution in [0.1, 0.15) is 31.7 Å². The average molecular weight is 408 g/mol. The fourth-order valence-corrected chi connectivity index (χ4v) is 4.49. The Morgan fingerprint density at radius 1 is 1.29 bits per heavy atom. The highest BCUT2D eigenvalue weighted by molar-refractivity contribution is 7.90. The Hall–Kier alpha value is -2.62. The molecule has 1 aromatic rings. The second-order valence-electron chi connectivity index (χ2n) is 6.61. The topological polar surface area (TPSA) is 117 Å². The van der Waals surface area contributed by atoms with Crippen LogP contribution in [0.25, 0.3) is 0 Å². The largest absolute Gasteiger partial charge is 0.450 e. The minimum atomic E-state index is -3.57. The highest BCUT2D eigenvalue weighted by atomic mass is 32.2. The van der Waals surface area contributed by atoms with E-state index in [4.69, 9.17) is 4.74 Å². The van der Waals surface area contributed by atoms with E-state index in [1.807, 2.05) is 0 Å². The van der Waals surface area contributed by atoms with Gasteiger partial charge < -0.3 is 15.0 Å². The molecule has 9 nitrogen and oxygen atoms in total. The van der Waals surface area contributed by atoms with Crippen LogP contribution in [0.2, 0.25) is 0 Å². The first-order valence-electron chi connectivity index (χ1n) is 9.28. The maximum atomic E-state index is 12.2. The standard InChI is InChI=1S/C18H24N4O5S/c1-2-27-18(24)22-11-8-13(9-12-22)20-16(23)7-10-19-17-14-5-3-4-6-15(14)28(25,26)21-17/h3-6,13H,2,7-12H2,1H3,(H,19,21)(H,20,23). The Morgan fingerprint density at radius 3 is 2.71 bits per heavy atom. The first-order valence-corrected chi connectivity index (χ1v) is 10.8. The first kappa shape index (κ1) is 20.1. The molecule has 2 aliphatic rings. The number of benzene rings is 1. The molecule has 10 heteroatoms. The summed E-state index contributed by atoms with van der Waals surface area (Å²) in [7, 11) is -3.57. The molecule has 2 aliphatic heterocycles. The number of nitrogens with one attached hydrogen (secondary N) is 2. The van der Waals surface area contributed by atoms with Gasteiger partial charge >= 0.3 is 6.09 Å². The average Bonchev–Trinajstić information content (AvgIpc) is 2.93. The van der Waals surface area contributed by atoms with Crippen molar-refractivity contribution in [1.82, 2.24) is 14.9 Å². The van der Waals surface area contributed by atoms with E-state index < -0.39 is 10.0 Å². The Kier molecular flexibility index (Phi) is 6.18. The lowest BCUT2D eigenvalue weighted by atomic mass is 10.1. The molecule has 0 atom stereocenters. The van der Waals surface area contributed by atoms with Crippen molar-refractivity contribution in [1.29, 1.82) is 0 Å². The van der Waals surface area contributed by atoms with Crippen molar-refractivity contribution in [3.05, 3.63) is 29.8 Å². The van der Waals surface area contributed by atoms with E-state index in [0.717, 1.165) is 0 Å². The van der Waals surface area contributed by atoms with Gasteiger partial charge in [0.1, 0.15) is 5.84 Å². The Bertz CT molecular complexity index is 876. The molecule has 0 radical (unpaired) electrons. The molecule has 1 saturated heterocycles. The number of aliphatic imine (C=N–C) groups is 1. The lowest BCUT2D eigenvalue weighted by molar-refractivity contribution is -0.121. The van der Waals surface area contributed by atoms with Crippen LogP contribution in [-0.2, 0) is 19.6 Å². The van der Waals surface area contributed by atoms with Crippen LogP contribution in [-0.4, -0.2) is 63.4 Å². The van der Waals surface area contributed by atoms with Crippen LogP contribution in [0.15, 0.2) is 34.2 Å². The van der Waals surface area contributed by atoms with Gasteiger partial charge in [0.25, 0.3) is 10.0 Å². The summed E-state index contributed by atoms with van der Waals surface area (Å²) in [5.74, 6) is 0.124. The smallest absolute Gasteiger partial charge is 0.409 e. The predicted molar refractivity (Wildman–Crippen MR) is 103 cm³/mol. The maximum Gasteiger partial charge on any atom is 0.409 e. The molecule has 152 valence electrons. The molecule has 2 heterocycles. The maximum absolute atomic E-state index is 12.2. The number of amidine groups is 1. The van der Waals surface area contributed by atoms with Crippen LogP contribution >= 0.6 is 0 Å². The number of ether oxygens (including phenoxy) is 1. The molecule has 2 amide bonds. The summed E-state index contributed by atoms with van der Waals surface area (Å²) in [6, 6.07) is 6.61. The third kappa shape index (κ3) is 4.61. The van der Waals surface area contributed by atoms with E-state index >= 15 is 0 Å². The minimum Gasteiger partial charge on any atom is -0.450 e. The van der Waals surface area contributed by atoms with E-state index in [2.05, 4.69) is 15.0 Å². The number of likely N-dealkylation sites (tertiary alicyclic amines) is 1. The highest BCUT2D eigenvalue weighted by Gasteiger charge is 2.30. The predicted octanol–water partition coefficient (Wildman–Crippen LogP) is 0.852. The van der Waals surface area contributed by atoms with Gasteiger partial charge in [-0.2, -0.15) is 0 Å². The number of sulfonamides is 1. The Balaban J connectivity index is 1.46. The van der Waals surface area contributed by atoms with E-state index in [1.54, 1.807) is 30.0 Å². The summed E-state index contributed by atoms with van der Waals surface area (Å²) >= 11 is 0. The van der Waals surface area contributed by atoms with Crippen molar-refractivity contribution >= 4 is 27.9 Å². The van der Waals surface area contributed by atoms with Crippen LogP contribution in [0.5, 0.6) is 0 Å². The van der Waals surface area contributed by atoms with Crippen molar-refractivity contribution in [2.45, 2.75) is 37.1 Å². The number of hydrogen-bond acceptors (Lipinski definition) is 6. The van der Waals surface area contributed by atoms with Crippen LogP contribution in [0.4, 0.5) is 4.79 Å². The summed E-state index contributed by atoms with van der Waals surface area (Å²) in [6.45, 7) is 3.39. The van der Waals surface area contributed by atoms with Crippen LogP contribution < -0.4 is 10.0 Å². The molecule has 0 bridgehead atoms. The Labute approximate surface area is 164 Å². The van der Waals surface area contributed by atoms with Crippen LogP contribution in [0, 0.1) is 0 Å². The summed E-state index contributed by atoms with van der Waals surface area (Å²) in [5.41, 5.74) is 0.522. The molecule has 3 rings (SSSR count). The number of rotatable bonds is 5. The molecule has 0 unspecified atom stereocenters. The van der Waals surface area contributed by atoms with Gasteiger partial charge in [0.2, 0.25) is 5.91 Å². The Morgan fingerprint density at radius 2 is 2.00 bits per heavy atom. The number of piperidine rings is 1. The monoisotopic (exact) mass is 408 g/mol. The van der Waals surface area contributed by atoms with Gasteiger partial charge in [-0.3, -0.25) is 14.5 Å². The van der Waals surface area contributed by atoms with Crippen LogP contribution in [0.3, 0.4) is 0 Å². The SMILES string of the molecule is CCOC(=O)N1CCC(NC(=O)CCN=C2NS(=O)(=O)c3ccccc32)CC1. The van der Waals surface area contributed by atoms with Gasteiger partial charge in [-0.25, -0.2) is 13.2 Å². The minimum absolute atomic E-state index is 0.0107. The number of amides is 2. The quantitative estimate of drug-likeness (QED) is 0.749. The molecular weight excluding hydrogens is 384 g/mol. The molecule has 0 aromatic heterocycles. The second kappa shape index (κ2) is 8.59. The van der Waals surface area contributed by atoms with Gasteiger partial charge in [-0.05, 0) is 31.9 Å². The molecule has 2 N–H and O–H groups in total. The van der Waals surface area contributed by atoms with E-state index in [0.29, 0.717) is 38.1 Å². The van der Waals surface area contributed by atoms with E-state index in [9.17, 15) is 18.0 Å². The van der Waals surface area contributed by atoms with Crippen molar-refractivity contribution in [3.63, 3.8) is 0 Å². The molecule has 0 spiro atoms. The number of nitrogens with zero attached hydrogens (tertiary/aromatic N) is 2. The normalized spacial score (nSPS) is 19.8. The fraction of sp³-hybridized carbons (Fsp3) is 0.500. The van der Waals surface area contributed by atoms with Gasteiger partial charge in [0, 0.05) is 31.1 Å². The molecule has 1 aromatic carbocycles. The highest BCUT2D eigenvalue weighted by Crippen LogP contribution is 2.22. The van der Waals surface area contributed by atoms with E-state index in [1.165, 1.54) is 6.07 Å². The molecule has 28 heavy (non-hydrogen) atoms. The number of hydrogen-bond donors (Lipinski definition) is 2. The van der Waals surface area contributed by atoms with Gasteiger partial charge in [0.15, 0.2) is 0 Å². The van der Waals surface area contributed by atoms with Gasteiger partial charge in [0.05, 0.1) is 18.0 Å². The van der Waals surface area contributed by atoms with Crippen molar-refractivity contribution in [2.24, 2.45) is 4.99 Å². The zero-order chi connectivity index (χ0) is 20.1. The van der Waals surface area contributed by atoms with Crippen molar-refractivity contribution < 1.29 is 22.7 Å². The number of carbonyl (C=O) groups is 2. The zero-order valence-electron chi connectivity index (χ0n) is 15.7. The summed E-state index contributed by atoms with van der Waals surface area (Å²) < 4.78 is 31.5. The number of fused-ring (bicyclic) bond motifs is 1.